The molecular weight excluding hydrogens is 346 g/mol. The maximum atomic E-state index is 12.6. The summed E-state index contributed by atoms with van der Waals surface area (Å²) in [6.07, 6.45) is 6.75. The second-order valence-electron chi connectivity index (χ2n) is 6.81. The summed E-state index contributed by atoms with van der Waals surface area (Å²) in [5.41, 5.74) is 2.65. The molecule has 2 aliphatic rings. The fourth-order valence-corrected chi connectivity index (χ4v) is 5.12. The van der Waals surface area contributed by atoms with Crippen molar-refractivity contribution >= 4 is 21.4 Å². The van der Waals surface area contributed by atoms with Gasteiger partial charge in [0, 0.05) is 25.6 Å². The van der Waals surface area contributed by atoms with E-state index in [4.69, 9.17) is 0 Å². The summed E-state index contributed by atoms with van der Waals surface area (Å²) in [7, 11) is -3.36. The van der Waals surface area contributed by atoms with E-state index in [1.807, 2.05) is 12.1 Å². The van der Waals surface area contributed by atoms with Crippen molar-refractivity contribution in [2.75, 3.05) is 31.1 Å². The van der Waals surface area contributed by atoms with Gasteiger partial charge in [-0.1, -0.05) is 30.3 Å². The molecule has 0 unspecified atom stereocenters. The zero-order valence-electron chi connectivity index (χ0n) is 14.8. The monoisotopic (exact) mass is 370 g/mol. The number of hydrogen-bond donors (Lipinski definition) is 0. The highest BCUT2D eigenvalue weighted by atomic mass is 32.2. The van der Waals surface area contributed by atoms with E-state index in [1.165, 1.54) is 11.1 Å². The molecule has 0 radical (unpaired) electrons. The van der Waals surface area contributed by atoms with E-state index in [0.29, 0.717) is 18.0 Å². The van der Waals surface area contributed by atoms with Crippen molar-refractivity contribution in [3.8, 4) is 0 Å². The lowest BCUT2D eigenvalue weighted by molar-refractivity contribution is -0.367. The van der Waals surface area contributed by atoms with Gasteiger partial charge in [0.1, 0.15) is 17.6 Å². The molecule has 6 heteroatoms. The number of H-pyrrole nitrogens is 1. The van der Waals surface area contributed by atoms with Crippen molar-refractivity contribution in [3.63, 3.8) is 0 Å². The van der Waals surface area contributed by atoms with Gasteiger partial charge in [-0.3, -0.25) is 4.90 Å². The molecule has 0 saturated carbocycles. The molecule has 5 nitrogen and oxygen atoms in total. The SMILES string of the molecule is O=S(=O)(c1ccc(N2CC=C(c3ccccc3)CC2)[nH+]c1)N1CCCC1. The third kappa shape index (κ3) is 3.39. The predicted molar refractivity (Wildman–Crippen MR) is 102 cm³/mol. The number of sulfonamides is 1. The number of benzene rings is 1. The van der Waals surface area contributed by atoms with Gasteiger partial charge in [0.2, 0.25) is 10.0 Å². The van der Waals surface area contributed by atoms with Crippen molar-refractivity contribution in [1.82, 2.24) is 4.31 Å². The van der Waals surface area contributed by atoms with Crippen molar-refractivity contribution in [2.45, 2.75) is 24.2 Å². The molecule has 0 aliphatic carbocycles. The molecule has 1 saturated heterocycles. The fraction of sp³-hybridized carbons (Fsp3) is 0.350. The van der Waals surface area contributed by atoms with Crippen LogP contribution >= 0.6 is 0 Å². The predicted octanol–water partition coefficient (Wildman–Crippen LogP) is 2.58. The molecule has 0 amide bonds. The Hall–Kier alpha value is -2.18. The van der Waals surface area contributed by atoms with Crippen LogP contribution in [0.5, 0.6) is 0 Å². The molecule has 1 aromatic carbocycles. The van der Waals surface area contributed by atoms with E-state index in [0.717, 1.165) is 38.2 Å². The van der Waals surface area contributed by atoms with Crippen LogP contribution in [0.15, 0.2) is 59.6 Å². The average Bonchev–Trinajstić information content (AvgIpc) is 3.25. The van der Waals surface area contributed by atoms with E-state index in [2.05, 4.69) is 40.2 Å². The van der Waals surface area contributed by atoms with Gasteiger partial charge in [0.15, 0.2) is 0 Å². The molecule has 1 fully saturated rings. The van der Waals surface area contributed by atoms with E-state index in [1.54, 1.807) is 16.6 Å². The van der Waals surface area contributed by atoms with Crippen molar-refractivity contribution in [3.05, 3.63) is 60.3 Å². The second-order valence-corrected chi connectivity index (χ2v) is 8.75. The number of pyridine rings is 1. The van der Waals surface area contributed by atoms with Gasteiger partial charge >= 0.3 is 0 Å². The number of nitrogens with zero attached hydrogens (tertiary/aromatic N) is 2. The smallest absolute Gasteiger partial charge is 0.258 e. The first-order valence-electron chi connectivity index (χ1n) is 9.16. The van der Waals surface area contributed by atoms with Crippen LogP contribution in [0.3, 0.4) is 0 Å². The van der Waals surface area contributed by atoms with Crippen molar-refractivity contribution in [1.29, 1.82) is 0 Å². The van der Waals surface area contributed by atoms with Gasteiger partial charge in [-0.2, -0.15) is 4.31 Å². The highest BCUT2D eigenvalue weighted by Crippen LogP contribution is 2.25. The molecule has 26 heavy (non-hydrogen) atoms. The number of nitrogens with one attached hydrogen (secondary N) is 1. The lowest BCUT2D eigenvalue weighted by Crippen LogP contribution is -2.34. The Bertz CT molecular complexity index is 886. The summed E-state index contributed by atoms with van der Waals surface area (Å²) >= 11 is 0. The molecule has 0 bridgehead atoms. The van der Waals surface area contributed by atoms with Crippen molar-refractivity contribution < 1.29 is 13.4 Å². The minimum Gasteiger partial charge on any atom is -0.258 e. The normalized spacial score (nSPS) is 18.8. The summed E-state index contributed by atoms with van der Waals surface area (Å²) < 4.78 is 26.8. The van der Waals surface area contributed by atoms with E-state index < -0.39 is 10.0 Å². The third-order valence-electron chi connectivity index (χ3n) is 5.16. The van der Waals surface area contributed by atoms with E-state index in [-0.39, 0.29) is 0 Å². The first-order chi connectivity index (χ1) is 12.6. The van der Waals surface area contributed by atoms with Crippen LogP contribution in [0.1, 0.15) is 24.8 Å². The molecule has 136 valence electrons. The molecule has 2 aromatic rings. The maximum Gasteiger partial charge on any atom is 0.274 e. The minimum atomic E-state index is -3.36. The van der Waals surface area contributed by atoms with Gasteiger partial charge < -0.3 is 0 Å². The molecule has 1 aromatic heterocycles. The number of rotatable bonds is 4. The summed E-state index contributed by atoms with van der Waals surface area (Å²) in [4.78, 5) is 5.76. The Balaban J connectivity index is 1.47. The minimum absolute atomic E-state index is 0.348. The summed E-state index contributed by atoms with van der Waals surface area (Å²) in [5, 5.41) is 0. The van der Waals surface area contributed by atoms with Crippen LogP contribution in [0, 0.1) is 0 Å². The lowest BCUT2D eigenvalue weighted by Gasteiger charge is -2.22. The molecule has 4 rings (SSSR count). The Morgan fingerprint density at radius 2 is 1.69 bits per heavy atom. The van der Waals surface area contributed by atoms with Gasteiger partial charge in [0.25, 0.3) is 5.82 Å². The van der Waals surface area contributed by atoms with Crippen LogP contribution in [0.25, 0.3) is 5.57 Å². The first kappa shape index (κ1) is 17.2. The van der Waals surface area contributed by atoms with Crippen LogP contribution < -0.4 is 9.88 Å². The summed E-state index contributed by atoms with van der Waals surface area (Å²) in [6.45, 7) is 2.99. The summed E-state index contributed by atoms with van der Waals surface area (Å²) in [6, 6.07) is 14.1. The first-order valence-corrected chi connectivity index (χ1v) is 10.6. The second kappa shape index (κ2) is 7.21. The zero-order chi connectivity index (χ0) is 18.0. The van der Waals surface area contributed by atoms with E-state index >= 15 is 0 Å². The van der Waals surface area contributed by atoms with Crippen LogP contribution in [0.4, 0.5) is 5.82 Å². The Labute approximate surface area is 155 Å². The van der Waals surface area contributed by atoms with Gasteiger partial charge in [-0.05, 0) is 36.1 Å². The topological polar surface area (TPSA) is 54.8 Å². The fourth-order valence-electron chi connectivity index (χ4n) is 3.64. The number of aromatic amines is 1. The lowest BCUT2D eigenvalue weighted by atomic mass is 10.00. The highest BCUT2D eigenvalue weighted by molar-refractivity contribution is 7.89. The number of hydrogen-bond acceptors (Lipinski definition) is 3. The van der Waals surface area contributed by atoms with Gasteiger partial charge in [-0.15, -0.1) is 0 Å². The van der Waals surface area contributed by atoms with Crippen LogP contribution in [0.2, 0.25) is 0 Å². The molecule has 0 spiro atoms. The highest BCUT2D eigenvalue weighted by Gasteiger charge is 2.28. The van der Waals surface area contributed by atoms with Crippen LogP contribution in [-0.4, -0.2) is 38.9 Å². The van der Waals surface area contributed by atoms with Crippen LogP contribution in [-0.2, 0) is 10.0 Å². The quantitative estimate of drug-likeness (QED) is 0.831. The average molecular weight is 370 g/mol. The maximum absolute atomic E-state index is 12.6. The molecular formula is C20H24N3O2S+. The molecule has 1 N–H and O–H groups in total. The third-order valence-corrected chi connectivity index (χ3v) is 7.06. The Morgan fingerprint density at radius 1 is 0.923 bits per heavy atom. The summed E-state index contributed by atoms with van der Waals surface area (Å²) in [5.74, 6) is 0.953. The zero-order valence-corrected chi connectivity index (χ0v) is 15.6. The van der Waals surface area contributed by atoms with Gasteiger partial charge in [0.05, 0.1) is 6.54 Å². The Morgan fingerprint density at radius 3 is 2.31 bits per heavy atom. The van der Waals surface area contributed by atoms with E-state index in [9.17, 15) is 8.42 Å². The molecule has 3 heterocycles. The number of aromatic nitrogens is 1. The van der Waals surface area contributed by atoms with Gasteiger partial charge in [-0.25, -0.2) is 13.4 Å². The largest absolute Gasteiger partial charge is 0.274 e. The number of anilines is 1. The molecule has 2 aliphatic heterocycles. The molecule has 0 atom stereocenters. The van der Waals surface area contributed by atoms with Crippen molar-refractivity contribution in [2.24, 2.45) is 0 Å². The Kier molecular flexibility index (Phi) is 4.78. The standard InChI is InChI=1S/C20H23N3O2S/c24-26(25,23-12-4-5-13-23)19-8-9-20(21-16-19)22-14-10-18(11-15-22)17-6-2-1-3-7-17/h1-3,6-10,16H,4-5,11-15H2/p+1.